The van der Waals surface area contributed by atoms with Crippen LogP contribution >= 0.6 is 0 Å². The van der Waals surface area contributed by atoms with Gasteiger partial charge >= 0.3 is 5.97 Å². The molecule has 0 unspecified atom stereocenters. The van der Waals surface area contributed by atoms with Crippen LogP contribution in [0.25, 0.3) is 0 Å². The standard InChI is InChI=1S/C20H40O5/c1-2-20(16-22,17-23)18-25-19(24)14-12-10-8-6-4-3-5-7-9-11-13-15-21/h21-23H,2-18H2,1H3. The number of aliphatic hydroxyl groups is 3. The zero-order valence-electron chi connectivity index (χ0n) is 16.2. The van der Waals surface area contributed by atoms with Crippen LogP contribution in [0.3, 0.4) is 0 Å². The van der Waals surface area contributed by atoms with Gasteiger partial charge in [0.25, 0.3) is 0 Å². The van der Waals surface area contributed by atoms with Gasteiger partial charge in [-0.05, 0) is 19.3 Å². The van der Waals surface area contributed by atoms with Crippen molar-refractivity contribution in [2.24, 2.45) is 5.41 Å². The highest BCUT2D eigenvalue weighted by Gasteiger charge is 2.28. The number of esters is 1. The first kappa shape index (κ1) is 24.4. The first-order chi connectivity index (χ1) is 12.1. The van der Waals surface area contributed by atoms with Gasteiger partial charge in [0.15, 0.2) is 0 Å². The molecule has 25 heavy (non-hydrogen) atoms. The molecule has 0 saturated carbocycles. The molecule has 0 bridgehead atoms. The van der Waals surface area contributed by atoms with Gasteiger partial charge in [0.2, 0.25) is 0 Å². The van der Waals surface area contributed by atoms with E-state index in [0.717, 1.165) is 32.1 Å². The lowest BCUT2D eigenvalue weighted by Crippen LogP contribution is -2.35. The number of ether oxygens (including phenoxy) is 1. The number of hydrogen-bond donors (Lipinski definition) is 3. The monoisotopic (exact) mass is 360 g/mol. The van der Waals surface area contributed by atoms with E-state index in [1.165, 1.54) is 38.5 Å². The van der Waals surface area contributed by atoms with Crippen molar-refractivity contribution < 1.29 is 24.9 Å². The van der Waals surface area contributed by atoms with E-state index in [1.54, 1.807) is 0 Å². The maximum absolute atomic E-state index is 11.7. The van der Waals surface area contributed by atoms with Crippen LogP contribution in [0.4, 0.5) is 0 Å². The fraction of sp³-hybridized carbons (Fsp3) is 0.950. The van der Waals surface area contributed by atoms with Crippen molar-refractivity contribution in [1.29, 1.82) is 0 Å². The summed E-state index contributed by atoms with van der Waals surface area (Å²) in [5, 5.41) is 27.3. The molecule has 0 fully saturated rings. The van der Waals surface area contributed by atoms with Crippen LogP contribution in [0.1, 0.15) is 90.4 Å². The summed E-state index contributed by atoms with van der Waals surface area (Å²) in [4.78, 5) is 11.7. The Morgan fingerprint density at radius 2 is 1.20 bits per heavy atom. The normalized spacial score (nSPS) is 11.7. The van der Waals surface area contributed by atoms with Crippen molar-refractivity contribution in [3.05, 3.63) is 0 Å². The molecule has 150 valence electrons. The molecular weight excluding hydrogens is 320 g/mol. The topological polar surface area (TPSA) is 87.0 Å². The predicted octanol–water partition coefficient (Wildman–Crippen LogP) is 3.58. The second-order valence-electron chi connectivity index (χ2n) is 7.19. The third-order valence-electron chi connectivity index (χ3n) is 5.00. The van der Waals surface area contributed by atoms with Crippen molar-refractivity contribution in [2.45, 2.75) is 90.4 Å². The smallest absolute Gasteiger partial charge is 0.305 e. The SMILES string of the molecule is CCC(CO)(CO)COC(=O)CCCCCCCCCCCCCO. The van der Waals surface area contributed by atoms with Gasteiger partial charge in [-0.15, -0.1) is 0 Å². The number of unbranched alkanes of at least 4 members (excludes halogenated alkanes) is 10. The van der Waals surface area contributed by atoms with Gasteiger partial charge < -0.3 is 20.1 Å². The Hall–Kier alpha value is -0.650. The molecule has 0 spiro atoms. The van der Waals surface area contributed by atoms with Crippen LogP contribution in [0, 0.1) is 5.41 Å². The predicted molar refractivity (Wildman–Crippen MR) is 100 cm³/mol. The summed E-state index contributed by atoms with van der Waals surface area (Å²) >= 11 is 0. The van der Waals surface area contributed by atoms with E-state index in [4.69, 9.17) is 9.84 Å². The summed E-state index contributed by atoms with van der Waals surface area (Å²) in [6.45, 7) is 1.93. The Labute approximate surface area is 153 Å². The summed E-state index contributed by atoms with van der Waals surface area (Å²) in [6, 6.07) is 0. The third kappa shape index (κ3) is 13.2. The van der Waals surface area contributed by atoms with E-state index < -0.39 is 5.41 Å². The molecular formula is C20H40O5. The van der Waals surface area contributed by atoms with Crippen molar-refractivity contribution in [1.82, 2.24) is 0 Å². The second-order valence-corrected chi connectivity index (χ2v) is 7.19. The van der Waals surface area contributed by atoms with E-state index in [9.17, 15) is 15.0 Å². The molecule has 0 aromatic carbocycles. The minimum absolute atomic E-state index is 0.0909. The largest absolute Gasteiger partial charge is 0.465 e. The van der Waals surface area contributed by atoms with Gasteiger partial charge in [0, 0.05) is 13.0 Å². The molecule has 0 atom stereocenters. The van der Waals surface area contributed by atoms with Gasteiger partial charge in [0.05, 0.1) is 18.6 Å². The quantitative estimate of drug-likeness (QED) is 0.257. The molecule has 5 heteroatoms. The van der Waals surface area contributed by atoms with Crippen LogP contribution in [0.2, 0.25) is 0 Å². The molecule has 0 rings (SSSR count). The molecule has 0 aromatic rings. The van der Waals surface area contributed by atoms with Crippen LogP contribution in [-0.2, 0) is 9.53 Å². The number of aliphatic hydroxyl groups excluding tert-OH is 3. The molecule has 0 aliphatic heterocycles. The van der Waals surface area contributed by atoms with Crippen LogP contribution < -0.4 is 0 Å². The van der Waals surface area contributed by atoms with E-state index in [1.807, 2.05) is 6.92 Å². The number of carbonyl (C=O) groups is 1. The molecule has 5 nitrogen and oxygen atoms in total. The van der Waals surface area contributed by atoms with E-state index in [0.29, 0.717) is 19.4 Å². The fourth-order valence-corrected chi connectivity index (χ4v) is 2.74. The molecule has 0 radical (unpaired) electrons. The highest BCUT2D eigenvalue weighted by atomic mass is 16.5. The Morgan fingerprint density at radius 1 is 0.760 bits per heavy atom. The highest BCUT2D eigenvalue weighted by molar-refractivity contribution is 5.69. The zero-order valence-corrected chi connectivity index (χ0v) is 16.2. The first-order valence-electron chi connectivity index (χ1n) is 10.1. The molecule has 0 heterocycles. The summed E-state index contributed by atoms with van der Waals surface area (Å²) in [6.07, 6.45) is 13.7. The van der Waals surface area contributed by atoms with Gasteiger partial charge in [-0.1, -0.05) is 64.7 Å². The highest BCUT2D eigenvalue weighted by Crippen LogP contribution is 2.21. The summed E-state index contributed by atoms with van der Waals surface area (Å²) in [5.74, 6) is -0.234. The molecule has 0 saturated heterocycles. The van der Waals surface area contributed by atoms with Crippen molar-refractivity contribution in [3.8, 4) is 0 Å². The molecule has 0 aliphatic rings. The van der Waals surface area contributed by atoms with Gasteiger partial charge in [-0.3, -0.25) is 4.79 Å². The maximum atomic E-state index is 11.7. The Kier molecular flexibility index (Phi) is 16.4. The van der Waals surface area contributed by atoms with Crippen LogP contribution in [0.5, 0.6) is 0 Å². The lowest BCUT2D eigenvalue weighted by atomic mass is 9.88. The van der Waals surface area contributed by atoms with Crippen molar-refractivity contribution >= 4 is 5.97 Å². The molecule has 3 N–H and O–H groups in total. The average Bonchev–Trinajstić information content (AvgIpc) is 2.64. The van der Waals surface area contributed by atoms with Gasteiger partial charge in [-0.2, -0.15) is 0 Å². The number of hydrogen-bond acceptors (Lipinski definition) is 5. The summed E-state index contributed by atoms with van der Waals surface area (Å²) in [7, 11) is 0. The Balaban J connectivity index is 3.43. The second kappa shape index (κ2) is 16.8. The maximum Gasteiger partial charge on any atom is 0.305 e. The van der Waals surface area contributed by atoms with Crippen LogP contribution in [0.15, 0.2) is 0 Å². The average molecular weight is 361 g/mol. The van der Waals surface area contributed by atoms with Crippen LogP contribution in [-0.4, -0.2) is 47.7 Å². The fourth-order valence-electron chi connectivity index (χ4n) is 2.74. The third-order valence-corrected chi connectivity index (χ3v) is 5.00. The first-order valence-corrected chi connectivity index (χ1v) is 10.1. The molecule has 0 aliphatic carbocycles. The van der Waals surface area contributed by atoms with Crippen molar-refractivity contribution in [2.75, 3.05) is 26.4 Å². The van der Waals surface area contributed by atoms with E-state index in [-0.39, 0.29) is 25.8 Å². The summed E-state index contributed by atoms with van der Waals surface area (Å²) in [5.41, 5.74) is -0.701. The Morgan fingerprint density at radius 3 is 1.60 bits per heavy atom. The number of rotatable bonds is 18. The zero-order chi connectivity index (χ0) is 18.8. The Bertz CT molecular complexity index is 294. The minimum atomic E-state index is -0.701. The van der Waals surface area contributed by atoms with E-state index >= 15 is 0 Å². The minimum Gasteiger partial charge on any atom is -0.465 e. The number of carbonyl (C=O) groups excluding carboxylic acids is 1. The van der Waals surface area contributed by atoms with Gasteiger partial charge in [0.1, 0.15) is 6.61 Å². The van der Waals surface area contributed by atoms with Crippen molar-refractivity contribution in [3.63, 3.8) is 0 Å². The van der Waals surface area contributed by atoms with E-state index in [2.05, 4.69) is 0 Å². The molecule has 0 aromatic heterocycles. The lowest BCUT2D eigenvalue weighted by Gasteiger charge is -2.27. The van der Waals surface area contributed by atoms with Gasteiger partial charge in [-0.25, -0.2) is 0 Å². The lowest BCUT2D eigenvalue weighted by molar-refractivity contribution is -0.149. The summed E-state index contributed by atoms with van der Waals surface area (Å²) < 4.78 is 5.21. The molecule has 0 amide bonds.